The normalized spacial score (nSPS) is 11.4. The number of benzene rings is 2. The summed E-state index contributed by atoms with van der Waals surface area (Å²) < 4.78 is 1.84. The van der Waals surface area contributed by atoms with E-state index in [-0.39, 0.29) is 6.42 Å². The summed E-state index contributed by atoms with van der Waals surface area (Å²) in [6, 6.07) is 15.6. The Hall–Kier alpha value is -3.72. The number of nitrogens with zero attached hydrogens (tertiary/aromatic N) is 3. The predicted molar refractivity (Wildman–Crippen MR) is 101 cm³/mol. The third kappa shape index (κ3) is 2.70. The van der Waals surface area contributed by atoms with Crippen molar-refractivity contribution in [2.45, 2.75) is 12.8 Å². The van der Waals surface area contributed by atoms with Gasteiger partial charge in [-0.05, 0) is 11.6 Å². The van der Waals surface area contributed by atoms with Crippen molar-refractivity contribution in [1.29, 1.82) is 5.26 Å². The van der Waals surface area contributed by atoms with Crippen LogP contribution in [-0.2, 0) is 23.1 Å². The van der Waals surface area contributed by atoms with E-state index in [4.69, 9.17) is 0 Å². The van der Waals surface area contributed by atoms with Crippen LogP contribution < -0.4 is 5.32 Å². The number of amides is 1. The lowest BCUT2D eigenvalue weighted by Gasteiger charge is -2.10. The van der Waals surface area contributed by atoms with Gasteiger partial charge in [0.05, 0.1) is 29.1 Å². The number of rotatable bonds is 4. The van der Waals surface area contributed by atoms with Crippen LogP contribution in [0.4, 0.5) is 5.69 Å². The molecule has 0 unspecified atom stereocenters. The van der Waals surface area contributed by atoms with E-state index in [1.807, 2.05) is 29.9 Å². The van der Waals surface area contributed by atoms with Crippen LogP contribution in [-0.4, -0.2) is 22.0 Å². The number of nitriles is 1. The maximum Gasteiger partial charge on any atom is 0.231 e. The molecule has 1 aromatic heterocycles. The lowest BCUT2D eigenvalue weighted by Crippen LogP contribution is -2.13. The molecule has 1 amide bonds. The largest absolute Gasteiger partial charge is 0.325 e. The molecule has 0 aliphatic heterocycles. The molecule has 0 atom stereocenters. The molecule has 6 heteroatoms. The van der Waals surface area contributed by atoms with E-state index in [1.54, 1.807) is 12.1 Å². The lowest BCUT2D eigenvalue weighted by molar-refractivity contribution is -0.119. The molecular weight excluding hydrogens is 340 g/mol. The zero-order valence-corrected chi connectivity index (χ0v) is 14.7. The minimum absolute atomic E-state index is 0.247. The van der Waals surface area contributed by atoms with Gasteiger partial charge in [-0.1, -0.05) is 36.4 Å². The number of anilines is 1. The van der Waals surface area contributed by atoms with Crippen molar-refractivity contribution in [3.63, 3.8) is 0 Å². The topological polar surface area (TPSA) is 87.8 Å². The average Bonchev–Trinajstić information content (AvgIpc) is 3.19. The number of hydrogen-bond acceptors (Lipinski definition) is 4. The van der Waals surface area contributed by atoms with Crippen molar-refractivity contribution in [2.24, 2.45) is 7.05 Å². The fraction of sp³-hybridized carbons (Fsp3) is 0.143. The van der Waals surface area contributed by atoms with Gasteiger partial charge in [-0.15, -0.1) is 0 Å². The maximum atomic E-state index is 11.8. The summed E-state index contributed by atoms with van der Waals surface area (Å²) >= 11 is 0. The smallest absolute Gasteiger partial charge is 0.231 e. The van der Waals surface area contributed by atoms with E-state index in [9.17, 15) is 14.9 Å². The number of carbonyl (C=O) groups excluding carboxylic acids is 2. The predicted octanol–water partition coefficient (Wildman–Crippen LogP) is 3.06. The third-order valence-electron chi connectivity index (χ3n) is 4.76. The van der Waals surface area contributed by atoms with E-state index in [0.29, 0.717) is 23.1 Å². The lowest BCUT2D eigenvalue weighted by atomic mass is 9.99. The minimum atomic E-state index is -0.447. The van der Waals surface area contributed by atoms with Crippen LogP contribution in [0.2, 0.25) is 0 Å². The molecular formula is C21H16N4O2. The second-order valence-corrected chi connectivity index (χ2v) is 6.39. The Morgan fingerprint density at radius 3 is 2.81 bits per heavy atom. The molecule has 6 nitrogen and oxygen atoms in total. The Labute approximate surface area is 156 Å². The molecule has 0 fully saturated rings. The molecule has 27 heavy (non-hydrogen) atoms. The number of aryl methyl sites for hydroxylation is 1. The fourth-order valence-electron chi connectivity index (χ4n) is 3.64. The Morgan fingerprint density at radius 2 is 2.04 bits per heavy atom. The molecule has 1 heterocycles. The van der Waals surface area contributed by atoms with Crippen LogP contribution in [0.3, 0.4) is 0 Å². The minimum Gasteiger partial charge on any atom is -0.325 e. The SMILES string of the molecule is Cn1nc(-c2cccc(NC(=O)CC=O)c2C#N)c2c1-c1ccccc1C2. The van der Waals surface area contributed by atoms with Crippen molar-refractivity contribution in [3.8, 4) is 28.6 Å². The van der Waals surface area contributed by atoms with Crippen LogP contribution in [0.5, 0.6) is 0 Å². The third-order valence-corrected chi connectivity index (χ3v) is 4.76. The summed E-state index contributed by atoms with van der Waals surface area (Å²) in [7, 11) is 1.90. The second kappa shape index (κ2) is 6.54. The molecule has 2 aromatic carbocycles. The highest BCUT2D eigenvalue weighted by atomic mass is 16.2. The highest BCUT2D eigenvalue weighted by Crippen LogP contribution is 2.42. The molecule has 0 saturated carbocycles. The van der Waals surface area contributed by atoms with Crippen LogP contribution in [0.25, 0.3) is 22.5 Å². The molecule has 1 aliphatic rings. The molecule has 132 valence electrons. The molecule has 0 bridgehead atoms. The van der Waals surface area contributed by atoms with Crippen molar-refractivity contribution in [1.82, 2.24) is 9.78 Å². The van der Waals surface area contributed by atoms with Gasteiger partial charge in [0.1, 0.15) is 12.4 Å². The number of nitrogens with one attached hydrogen (secondary N) is 1. The molecule has 0 radical (unpaired) electrons. The summed E-state index contributed by atoms with van der Waals surface area (Å²) in [6.07, 6.45) is 1.04. The van der Waals surface area contributed by atoms with Gasteiger partial charge in [-0.3, -0.25) is 9.48 Å². The van der Waals surface area contributed by atoms with Gasteiger partial charge in [0.25, 0.3) is 0 Å². The quantitative estimate of drug-likeness (QED) is 0.450. The number of hydrogen-bond donors (Lipinski definition) is 1. The molecule has 1 aliphatic carbocycles. The van der Waals surface area contributed by atoms with Gasteiger partial charge >= 0.3 is 0 Å². The summed E-state index contributed by atoms with van der Waals surface area (Å²) in [5.41, 5.74) is 6.66. The maximum absolute atomic E-state index is 11.8. The number of aldehydes is 1. The first-order valence-electron chi connectivity index (χ1n) is 8.55. The molecule has 1 N–H and O–H groups in total. The first-order chi connectivity index (χ1) is 13.1. The van der Waals surface area contributed by atoms with Crippen LogP contribution in [0, 0.1) is 11.3 Å². The van der Waals surface area contributed by atoms with Crippen LogP contribution in [0.1, 0.15) is 23.1 Å². The second-order valence-electron chi connectivity index (χ2n) is 6.39. The highest BCUT2D eigenvalue weighted by molar-refractivity contribution is 6.00. The van der Waals surface area contributed by atoms with Gasteiger partial charge in [0.2, 0.25) is 5.91 Å². The van der Waals surface area contributed by atoms with Gasteiger partial charge in [-0.2, -0.15) is 10.4 Å². The number of fused-ring (bicyclic) bond motifs is 3. The van der Waals surface area contributed by atoms with Gasteiger partial charge in [0, 0.05) is 30.2 Å². The number of aromatic nitrogens is 2. The van der Waals surface area contributed by atoms with E-state index in [2.05, 4.69) is 28.6 Å². The summed E-state index contributed by atoms with van der Waals surface area (Å²) in [5, 5.41) is 17.0. The van der Waals surface area contributed by atoms with E-state index in [1.165, 1.54) is 5.56 Å². The van der Waals surface area contributed by atoms with Gasteiger partial charge in [0.15, 0.2) is 0 Å². The van der Waals surface area contributed by atoms with Crippen LogP contribution >= 0.6 is 0 Å². The Kier molecular flexibility index (Phi) is 4.05. The Balaban J connectivity index is 1.84. The van der Waals surface area contributed by atoms with Gasteiger partial charge in [-0.25, -0.2) is 0 Å². The molecule has 4 rings (SSSR count). The molecule has 0 saturated heterocycles. The zero-order chi connectivity index (χ0) is 19.0. The summed E-state index contributed by atoms with van der Waals surface area (Å²) in [5.74, 6) is -0.447. The summed E-state index contributed by atoms with van der Waals surface area (Å²) in [4.78, 5) is 22.3. The van der Waals surface area contributed by atoms with Crippen molar-refractivity contribution < 1.29 is 9.59 Å². The first kappa shape index (κ1) is 16.7. The van der Waals surface area contributed by atoms with Crippen LogP contribution in [0.15, 0.2) is 42.5 Å². The zero-order valence-electron chi connectivity index (χ0n) is 14.7. The average molecular weight is 356 g/mol. The fourth-order valence-corrected chi connectivity index (χ4v) is 3.64. The Morgan fingerprint density at radius 1 is 1.26 bits per heavy atom. The monoisotopic (exact) mass is 356 g/mol. The highest BCUT2D eigenvalue weighted by Gasteiger charge is 2.28. The number of carbonyl (C=O) groups is 2. The summed E-state index contributed by atoms with van der Waals surface area (Å²) in [6.45, 7) is 0. The Bertz CT molecular complexity index is 1120. The van der Waals surface area contributed by atoms with Crippen molar-refractivity contribution in [3.05, 3.63) is 59.2 Å². The van der Waals surface area contributed by atoms with E-state index >= 15 is 0 Å². The van der Waals surface area contributed by atoms with Gasteiger partial charge < -0.3 is 10.1 Å². The van der Waals surface area contributed by atoms with E-state index in [0.717, 1.165) is 28.9 Å². The standard InChI is InChI=1S/C21H16N4O2/c1-25-21-14-6-3-2-5-13(14)11-16(21)20(24-25)15-7-4-8-18(17(15)12-22)23-19(27)9-10-26/h2-8,10H,9,11H2,1H3,(H,23,27). The van der Waals surface area contributed by atoms with Crippen molar-refractivity contribution in [2.75, 3.05) is 5.32 Å². The van der Waals surface area contributed by atoms with Crippen molar-refractivity contribution >= 4 is 17.9 Å². The first-order valence-corrected chi connectivity index (χ1v) is 8.55. The van der Waals surface area contributed by atoms with E-state index < -0.39 is 5.91 Å². The molecule has 0 spiro atoms. The molecule has 3 aromatic rings.